The summed E-state index contributed by atoms with van der Waals surface area (Å²) in [6.07, 6.45) is 7.42. The maximum absolute atomic E-state index is 12.4. The zero-order chi connectivity index (χ0) is 26.3. The zero-order valence-electron chi connectivity index (χ0n) is 21.4. The van der Waals surface area contributed by atoms with Gasteiger partial charge >= 0.3 is 0 Å². The summed E-state index contributed by atoms with van der Waals surface area (Å²) in [7, 11) is 1.43. The smallest absolute Gasteiger partial charge is 0.291 e. The maximum Gasteiger partial charge on any atom is 0.291 e. The molecule has 0 aliphatic carbocycles. The van der Waals surface area contributed by atoms with Crippen LogP contribution < -0.4 is 15.4 Å². The van der Waals surface area contributed by atoms with Gasteiger partial charge in [0.05, 0.1) is 12.7 Å². The predicted molar refractivity (Wildman–Crippen MR) is 138 cm³/mol. The van der Waals surface area contributed by atoms with Crippen molar-refractivity contribution in [1.29, 1.82) is 0 Å². The van der Waals surface area contributed by atoms with E-state index in [9.17, 15) is 15.1 Å². The number of benzene rings is 1. The molecule has 188 valence electrons. The van der Waals surface area contributed by atoms with Crippen LogP contribution in [-0.2, 0) is 0 Å². The lowest BCUT2D eigenvalue weighted by Crippen LogP contribution is -2.99. The summed E-state index contributed by atoms with van der Waals surface area (Å²) in [5, 5.41) is 29.8. The fraction of sp³-hybridized carbons (Fsp3) is 0.321. The molecule has 0 aliphatic rings. The van der Waals surface area contributed by atoms with Crippen LogP contribution in [0.3, 0.4) is 0 Å². The van der Waals surface area contributed by atoms with Gasteiger partial charge in [0.15, 0.2) is 11.1 Å². The Labute approximate surface area is 206 Å². The first-order valence-electron chi connectivity index (χ1n) is 11.3. The van der Waals surface area contributed by atoms with E-state index in [0.717, 1.165) is 27.9 Å². The molecule has 1 aromatic carbocycles. The van der Waals surface area contributed by atoms with E-state index in [4.69, 9.17) is 14.4 Å². The third-order valence-electron chi connectivity index (χ3n) is 5.50. The summed E-state index contributed by atoms with van der Waals surface area (Å²) in [5.74, 6) is 0.342. The Balaban J connectivity index is 2.13. The van der Waals surface area contributed by atoms with Gasteiger partial charge in [-0.05, 0) is 59.2 Å². The summed E-state index contributed by atoms with van der Waals surface area (Å²) >= 11 is 0. The monoisotopic (exact) mass is 481 g/mol. The highest BCUT2D eigenvalue weighted by Crippen LogP contribution is 2.28. The lowest BCUT2D eigenvalue weighted by molar-refractivity contribution is -0.991. The average Bonchev–Trinajstić information content (AvgIpc) is 2.77. The minimum atomic E-state index is -0.962. The Morgan fingerprint density at radius 3 is 2.17 bits per heavy atom. The van der Waals surface area contributed by atoms with Crippen LogP contribution in [0.2, 0.25) is 0 Å². The number of allylic oxidation sites excluding steroid dienone is 6. The number of quaternary nitrogens is 1. The number of hydrogen-bond acceptors (Lipinski definition) is 6. The number of nitrogens with one attached hydrogen (secondary N) is 1. The van der Waals surface area contributed by atoms with Crippen molar-refractivity contribution >= 4 is 11.8 Å². The summed E-state index contributed by atoms with van der Waals surface area (Å²) in [5.41, 5.74) is 5.80. The first-order chi connectivity index (χ1) is 16.4. The molecule has 1 aromatic heterocycles. The van der Waals surface area contributed by atoms with Crippen molar-refractivity contribution in [2.45, 2.75) is 54.1 Å². The van der Waals surface area contributed by atoms with Crippen LogP contribution >= 0.6 is 0 Å². The Morgan fingerprint density at radius 2 is 1.60 bits per heavy atom. The van der Waals surface area contributed by atoms with Crippen molar-refractivity contribution in [2.75, 3.05) is 7.11 Å². The molecule has 2 atom stereocenters. The van der Waals surface area contributed by atoms with E-state index in [1.54, 1.807) is 38.1 Å². The van der Waals surface area contributed by atoms with E-state index in [-0.39, 0.29) is 22.8 Å². The Kier molecular flexibility index (Phi) is 9.98. The highest BCUT2D eigenvalue weighted by molar-refractivity contribution is 5.57. The van der Waals surface area contributed by atoms with Gasteiger partial charge in [0, 0.05) is 24.1 Å². The SMILES string of the molecule is COc1oc([C@H](O)C/C(C)=C/C(C)=C/C(C)=C/C(C)=C/c2ccc([NH+]([O-])O)cc2)c(C)c(=O)c1C. The molecule has 1 unspecified atom stereocenters. The van der Waals surface area contributed by atoms with E-state index >= 15 is 0 Å². The topological polar surface area (TPSA) is 107 Å². The van der Waals surface area contributed by atoms with Gasteiger partial charge in [-0.1, -0.05) is 46.6 Å². The highest BCUT2D eigenvalue weighted by Gasteiger charge is 2.20. The lowest BCUT2D eigenvalue weighted by atomic mass is 10.0. The first-order valence-corrected chi connectivity index (χ1v) is 11.3. The van der Waals surface area contributed by atoms with Crippen LogP contribution in [0.25, 0.3) is 6.08 Å². The molecule has 0 radical (unpaired) electrons. The normalized spacial score (nSPS) is 15.3. The molecule has 0 spiro atoms. The van der Waals surface area contributed by atoms with Crippen molar-refractivity contribution in [3.63, 3.8) is 0 Å². The van der Waals surface area contributed by atoms with Crippen LogP contribution in [0.4, 0.5) is 5.69 Å². The van der Waals surface area contributed by atoms with E-state index in [1.165, 1.54) is 7.11 Å². The molecule has 35 heavy (non-hydrogen) atoms. The van der Waals surface area contributed by atoms with Gasteiger partial charge in [0.2, 0.25) is 0 Å². The largest absolute Gasteiger partial charge is 0.595 e. The second-order valence-electron chi connectivity index (χ2n) is 8.84. The second-order valence-corrected chi connectivity index (χ2v) is 8.84. The van der Waals surface area contributed by atoms with Crippen molar-refractivity contribution in [2.24, 2.45) is 0 Å². The maximum atomic E-state index is 12.4. The number of aliphatic hydroxyl groups excluding tert-OH is 1. The molecule has 0 aliphatic heterocycles. The molecular weight excluding hydrogens is 446 g/mol. The van der Waals surface area contributed by atoms with Gasteiger partial charge in [0.1, 0.15) is 11.9 Å². The standard InChI is InChI=1S/C28H35NO6/c1-17(13-19(3)15-23-8-10-24(11-9-23)29(32)33)12-18(2)14-20(4)16-25(30)27-21(5)26(31)22(6)28(34-7)35-27/h8-15,25,29-30,32H,16H2,1-7H3/b17-13+,18-12+,19-15+,20-14+/t25-/m1/s1. The molecule has 0 amide bonds. The molecular formula is C28H35NO6. The second kappa shape index (κ2) is 12.5. The third-order valence-corrected chi connectivity index (χ3v) is 5.50. The van der Waals surface area contributed by atoms with Crippen LogP contribution in [0.15, 0.2) is 74.0 Å². The van der Waals surface area contributed by atoms with Gasteiger partial charge in [-0.2, -0.15) is 5.23 Å². The summed E-state index contributed by atoms with van der Waals surface area (Å²) in [4.78, 5) is 12.4. The van der Waals surface area contributed by atoms with Crippen LogP contribution in [0.1, 0.15) is 62.7 Å². The molecule has 3 N–H and O–H groups in total. The van der Waals surface area contributed by atoms with Gasteiger partial charge in [-0.3, -0.25) is 4.79 Å². The van der Waals surface area contributed by atoms with Crippen LogP contribution in [-0.4, -0.2) is 17.4 Å². The highest BCUT2D eigenvalue weighted by atomic mass is 16.8. The van der Waals surface area contributed by atoms with Gasteiger partial charge in [-0.15, -0.1) is 0 Å². The van der Waals surface area contributed by atoms with E-state index < -0.39 is 11.3 Å². The molecule has 2 rings (SSSR count). The minimum absolute atomic E-state index is 0.120. The zero-order valence-corrected chi connectivity index (χ0v) is 21.4. The van der Waals surface area contributed by atoms with Gasteiger partial charge < -0.3 is 19.5 Å². The average molecular weight is 482 g/mol. The lowest BCUT2D eigenvalue weighted by Gasteiger charge is -2.15. The van der Waals surface area contributed by atoms with Crippen LogP contribution in [0, 0.1) is 19.1 Å². The summed E-state index contributed by atoms with van der Waals surface area (Å²) in [6.45, 7) is 11.2. The Hall–Kier alpha value is -3.23. The number of ether oxygens (including phenoxy) is 1. The fourth-order valence-electron chi connectivity index (χ4n) is 3.92. The van der Waals surface area contributed by atoms with Crippen molar-refractivity contribution in [1.82, 2.24) is 0 Å². The molecule has 0 saturated carbocycles. The van der Waals surface area contributed by atoms with E-state index in [2.05, 4.69) is 0 Å². The molecule has 0 fully saturated rings. The fourth-order valence-corrected chi connectivity index (χ4v) is 3.92. The van der Waals surface area contributed by atoms with E-state index in [1.807, 2.05) is 52.0 Å². The molecule has 0 bridgehead atoms. The molecule has 7 heteroatoms. The number of rotatable bonds is 9. The minimum Gasteiger partial charge on any atom is -0.595 e. The Bertz CT molecular complexity index is 1210. The van der Waals surface area contributed by atoms with E-state index in [0.29, 0.717) is 17.5 Å². The van der Waals surface area contributed by atoms with Crippen molar-refractivity contribution < 1.29 is 24.7 Å². The molecule has 1 heterocycles. The van der Waals surface area contributed by atoms with Gasteiger partial charge in [0.25, 0.3) is 5.95 Å². The van der Waals surface area contributed by atoms with Crippen molar-refractivity contribution in [3.05, 3.63) is 103 Å². The first kappa shape index (κ1) is 28.0. The van der Waals surface area contributed by atoms with Gasteiger partial charge in [-0.25, -0.2) is 5.21 Å². The molecule has 0 saturated heterocycles. The van der Waals surface area contributed by atoms with Crippen LogP contribution in [0.5, 0.6) is 5.95 Å². The Morgan fingerprint density at radius 1 is 1.03 bits per heavy atom. The van der Waals surface area contributed by atoms with Crippen molar-refractivity contribution in [3.8, 4) is 5.95 Å². The quantitative estimate of drug-likeness (QED) is 0.342. The number of hydrogen-bond donors (Lipinski definition) is 3. The summed E-state index contributed by atoms with van der Waals surface area (Å²) < 4.78 is 10.8. The predicted octanol–water partition coefficient (Wildman–Crippen LogP) is 5.03. The number of methoxy groups -OCH3 is 1. The number of aliphatic hydroxyl groups is 1. The molecule has 7 nitrogen and oxygen atoms in total. The molecule has 2 aromatic rings. The summed E-state index contributed by atoms with van der Waals surface area (Å²) in [6, 6.07) is 6.73. The third kappa shape index (κ3) is 7.90.